The first kappa shape index (κ1) is 9.21. The van der Waals surface area contributed by atoms with Crippen LogP contribution in [0, 0.1) is 0 Å². The van der Waals surface area contributed by atoms with E-state index >= 15 is 0 Å². The number of para-hydroxylation sites is 1. The first-order chi connectivity index (χ1) is 7.90. The molecule has 0 bridgehead atoms. The highest BCUT2D eigenvalue weighted by Crippen LogP contribution is 2.26. The molecule has 0 atom stereocenters. The molecule has 1 aromatic carbocycles. The number of hydrogen-bond acceptors (Lipinski definition) is 3. The fraction of sp³-hybridized carbons (Fsp3) is 0.273. The molecule has 0 radical (unpaired) electrons. The number of hydrogen-bond donors (Lipinski definition) is 2. The van der Waals surface area contributed by atoms with Gasteiger partial charge in [-0.15, -0.1) is 0 Å². The van der Waals surface area contributed by atoms with Gasteiger partial charge in [-0.1, -0.05) is 12.1 Å². The van der Waals surface area contributed by atoms with Crippen LogP contribution in [0.1, 0.15) is 0 Å². The molecule has 0 unspecified atom stereocenters. The Hall–Kier alpha value is -2.04. The van der Waals surface area contributed by atoms with Gasteiger partial charge in [-0.25, -0.2) is 4.57 Å². The van der Waals surface area contributed by atoms with Crippen molar-refractivity contribution in [1.82, 2.24) is 10.2 Å². The van der Waals surface area contributed by atoms with Crippen molar-refractivity contribution in [1.29, 1.82) is 0 Å². The van der Waals surface area contributed by atoms with E-state index in [2.05, 4.69) is 20.1 Å². The van der Waals surface area contributed by atoms with Gasteiger partial charge < -0.3 is 4.74 Å². The average Bonchev–Trinajstić information content (AvgIpc) is 2.91. The van der Waals surface area contributed by atoms with Crippen LogP contribution in [0.4, 0.5) is 5.95 Å². The number of nitrogens with zero attached hydrogens (tertiary/aromatic N) is 2. The second kappa shape index (κ2) is 3.52. The van der Waals surface area contributed by atoms with Crippen molar-refractivity contribution in [3.05, 3.63) is 24.3 Å². The van der Waals surface area contributed by atoms with Crippen LogP contribution < -0.4 is 14.6 Å². The number of H-pyrrole nitrogens is 1. The van der Waals surface area contributed by atoms with Crippen LogP contribution in [0.2, 0.25) is 0 Å². The number of fused-ring (bicyclic) bond motifs is 1. The van der Waals surface area contributed by atoms with Crippen LogP contribution in [0.3, 0.4) is 0 Å². The van der Waals surface area contributed by atoms with Crippen molar-refractivity contribution in [2.24, 2.45) is 0 Å². The topological polar surface area (TPSA) is 53.8 Å². The van der Waals surface area contributed by atoms with Crippen LogP contribution in [-0.2, 0) is 6.54 Å². The van der Waals surface area contributed by atoms with E-state index in [-0.39, 0.29) is 0 Å². The average molecular weight is 217 g/mol. The van der Waals surface area contributed by atoms with Crippen LogP contribution >= 0.6 is 0 Å². The molecule has 5 nitrogen and oxygen atoms in total. The van der Waals surface area contributed by atoms with Gasteiger partial charge in [0.2, 0.25) is 5.82 Å². The van der Waals surface area contributed by atoms with Gasteiger partial charge in [-0.05, 0) is 12.1 Å². The molecule has 16 heavy (non-hydrogen) atoms. The Morgan fingerprint density at radius 1 is 1.38 bits per heavy atom. The molecule has 1 aliphatic rings. The fourth-order valence-electron chi connectivity index (χ4n) is 2.01. The molecule has 2 aromatic rings. The highest BCUT2D eigenvalue weighted by Gasteiger charge is 2.26. The first-order valence-corrected chi connectivity index (χ1v) is 5.25. The van der Waals surface area contributed by atoms with Crippen molar-refractivity contribution >= 4 is 5.95 Å². The van der Waals surface area contributed by atoms with Gasteiger partial charge in [0.1, 0.15) is 5.75 Å². The van der Waals surface area contributed by atoms with Crippen molar-refractivity contribution in [3.63, 3.8) is 0 Å². The zero-order valence-electron chi connectivity index (χ0n) is 9.03. The van der Waals surface area contributed by atoms with Crippen molar-refractivity contribution in [3.8, 4) is 17.1 Å². The van der Waals surface area contributed by atoms with E-state index < -0.39 is 0 Å². The summed E-state index contributed by atoms with van der Waals surface area (Å²) in [7, 11) is 1.68. The number of methoxy groups -OCH3 is 1. The number of rotatable bonds is 2. The molecule has 3 rings (SSSR count). The predicted molar refractivity (Wildman–Crippen MR) is 59.3 cm³/mol. The normalized spacial score (nSPS) is 13.3. The van der Waals surface area contributed by atoms with E-state index in [4.69, 9.17) is 4.74 Å². The van der Waals surface area contributed by atoms with Crippen molar-refractivity contribution < 1.29 is 9.30 Å². The van der Waals surface area contributed by atoms with Gasteiger partial charge in [0.05, 0.1) is 25.8 Å². The van der Waals surface area contributed by atoms with E-state index in [0.717, 1.165) is 36.2 Å². The van der Waals surface area contributed by atoms with Crippen LogP contribution in [-0.4, -0.2) is 23.9 Å². The molecule has 5 heteroatoms. The van der Waals surface area contributed by atoms with Gasteiger partial charge >= 0.3 is 5.95 Å². The molecule has 1 aliphatic heterocycles. The molecule has 0 saturated carbocycles. The number of aromatic amines is 1. The van der Waals surface area contributed by atoms with E-state index in [1.165, 1.54) is 0 Å². The molecule has 82 valence electrons. The minimum absolute atomic E-state index is 0.855. The Bertz CT molecular complexity index is 520. The minimum atomic E-state index is 0.855. The number of nitrogens with one attached hydrogen (secondary N) is 2. The van der Waals surface area contributed by atoms with E-state index in [1.54, 1.807) is 7.11 Å². The van der Waals surface area contributed by atoms with Crippen LogP contribution in [0.15, 0.2) is 24.3 Å². The Labute approximate surface area is 93.1 Å². The molecular formula is C11H13N4O+. The Balaban J connectivity index is 2.15. The lowest BCUT2D eigenvalue weighted by Gasteiger charge is -2.04. The molecule has 0 aliphatic carbocycles. The summed E-state index contributed by atoms with van der Waals surface area (Å²) in [5, 5.41) is 10.5. The maximum atomic E-state index is 5.35. The van der Waals surface area contributed by atoms with Gasteiger partial charge in [0.15, 0.2) is 0 Å². The molecule has 0 amide bonds. The smallest absolute Gasteiger partial charge is 0.378 e. The van der Waals surface area contributed by atoms with Crippen molar-refractivity contribution in [2.45, 2.75) is 6.54 Å². The number of aromatic nitrogens is 3. The summed E-state index contributed by atoms with van der Waals surface area (Å²) in [4.78, 5) is 0. The third-order valence-corrected chi connectivity index (χ3v) is 2.77. The Morgan fingerprint density at radius 3 is 3.12 bits per heavy atom. The summed E-state index contributed by atoms with van der Waals surface area (Å²) < 4.78 is 7.47. The van der Waals surface area contributed by atoms with E-state index in [9.17, 15) is 0 Å². The quantitative estimate of drug-likeness (QED) is 0.731. The number of ether oxygens (including phenoxy) is 1. The van der Waals surface area contributed by atoms with E-state index in [0.29, 0.717) is 0 Å². The van der Waals surface area contributed by atoms with Gasteiger partial charge in [0.25, 0.3) is 0 Å². The predicted octanol–water partition coefficient (Wildman–Crippen LogP) is 0.798. The molecular weight excluding hydrogens is 204 g/mol. The van der Waals surface area contributed by atoms with Crippen LogP contribution in [0.5, 0.6) is 5.75 Å². The number of benzene rings is 1. The third-order valence-electron chi connectivity index (χ3n) is 2.77. The fourth-order valence-corrected chi connectivity index (χ4v) is 2.01. The highest BCUT2D eigenvalue weighted by molar-refractivity contribution is 5.62. The lowest BCUT2D eigenvalue weighted by molar-refractivity contribution is -0.659. The molecule has 2 heterocycles. The maximum absolute atomic E-state index is 5.35. The second-order valence-corrected chi connectivity index (χ2v) is 3.67. The molecule has 0 saturated heterocycles. The number of anilines is 1. The van der Waals surface area contributed by atoms with Gasteiger partial charge in [-0.3, -0.25) is 5.32 Å². The Morgan fingerprint density at radius 2 is 2.25 bits per heavy atom. The second-order valence-electron chi connectivity index (χ2n) is 3.67. The molecule has 2 N–H and O–H groups in total. The molecule has 0 spiro atoms. The minimum Gasteiger partial charge on any atom is -0.496 e. The zero-order valence-corrected chi connectivity index (χ0v) is 9.03. The monoisotopic (exact) mass is 217 g/mol. The molecule has 0 fully saturated rings. The lowest BCUT2D eigenvalue weighted by atomic mass is 10.2. The summed E-state index contributed by atoms with van der Waals surface area (Å²) in [6, 6.07) is 7.93. The van der Waals surface area contributed by atoms with Gasteiger partial charge in [-0.2, -0.15) is 5.10 Å². The largest absolute Gasteiger partial charge is 0.496 e. The zero-order chi connectivity index (χ0) is 11.0. The third kappa shape index (κ3) is 1.25. The van der Waals surface area contributed by atoms with Crippen molar-refractivity contribution in [2.75, 3.05) is 19.0 Å². The summed E-state index contributed by atoms with van der Waals surface area (Å²) in [6.07, 6.45) is 0. The highest BCUT2D eigenvalue weighted by atomic mass is 16.5. The first-order valence-electron chi connectivity index (χ1n) is 5.25. The van der Waals surface area contributed by atoms with Crippen LogP contribution in [0.25, 0.3) is 11.4 Å². The Kier molecular flexibility index (Phi) is 2.02. The standard InChI is InChI=1S/C11H12N4O/c1-16-9-5-3-2-4-8(9)10-13-14-11-12-6-7-15(10)11/h2-5H,6-7H2,1H3,(H,12,14)/p+1. The summed E-state index contributed by atoms with van der Waals surface area (Å²) in [6.45, 7) is 1.86. The summed E-state index contributed by atoms with van der Waals surface area (Å²) in [5.41, 5.74) is 1.03. The SMILES string of the molecule is COc1ccccc1-c1[nH]nc2[n+]1CCN2. The summed E-state index contributed by atoms with van der Waals surface area (Å²) in [5.74, 6) is 2.73. The summed E-state index contributed by atoms with van der Waals surface area (Å²) >= 11 is 0. The maximum Gasteiger partial charge on any atom is 0.378 e. The lowest BCUT2D eigenvalue weighted by Crippen LogP contribution is -2.31. The molecule has 1 aromatic heterocycles. The van der Waals surface area contributed by atoms with Gasteiger partial charge in [0, 0.05) is 5.10 Å². The van der Waals surface area contributed by atoms with E-state index in [1.807, 2.05) is 24.3 Å².